The molecule has 0 saturated carbocycles. The predicted molar refractivity (Wildman–Crippen MR) is 80.8 cm³/mol. The molecule has 0 aromatic carbocycles. The van der Waals surface area contributed by atoms with Crippen LogP contribution in [0.5, 0.6) is 5.75 Å². The van der Waals surface area contributed by atoms with Crippen LogP contribution in [-0.2, 0) is 0 Å². The molecule has 2 heterocycles. The van der Waals surface area contributed by atoms with Gasteiger partial charge in [0.15, 0.2) is 0 Å². The lowest BCUT2D eigenvalue weighted by Crippen LogP contribution is -2.50. The van der Waals surface area contributed by atoms with Crippen LogP contribution in [0.1, 0.15) is 20.8 Å². The topological polar surface area (TPSA) is 75.3 Å². The lowest BCUT2D eigenvalue weighted by Gasteiger charge is -2.27. The minimum absolute atomic E-state index is 0.156. The SMILES string of the molecule is CC[Si](CC)(CC)c1cc2n(O)cc(O)cc-2c(=O)n1. The van der Waals surface area contributed by atoms with Gasteiger partial charge in [-0.3, -0.25) is 4.79 Å². The summed E-state index contributed by atoms with van der Waals surface area (Å²) < 4.78 is 0.803. The fourth-order valence-electron chi connectivity index (χ4n) is 2.79. The van der Waals surface area contributed by atoms with E-state index in [0.717, 1.165) is 28.2 Å². The summed E-state index contributed by atoms with van der Waals surface area (Å²) in [6, 6.07) is 6.19. The van der Waals surface area contributed by atoms with Crippen LogP contribution in [0.3, 0.4) is 0 Å². The van der Waals surface area contributed by atoms with Gasteiger partial charge < -0.3 is 10.3 Å². The van der Waals surface area contributed by atoms with Crippen molar-refractivity contribution in [2.24, 2.45) is 0 Å². The molecular weight excluding hydrogens is 272 g/mol. The Labute approximate surface area is 118 Å². The Kier molecular flexibility index (Phi) is 3.85. The van der Waals surface area contributed by atoms with Gasteiger partial charge in [-0.25, -0.2) is 4.98 Å². The molecule has 2 aliphatic rings. The Morgan fingerprint density at radius 3 is 2.35 bits per heavy atom. The lowest BCUT2D eigenvalue weighted by atomic mass is 10.2. The van der Waals surface area contributed by atoms with E-state index >= 15 is 0 Å². The molecule has 0 aromatic heterocycles. The Morgan fingerprint density at radius 2 is 1.80 bits per heavy atom. The highest BCUT2D eigenvalue weighted by atomic mass is 28.3. The zero-order valence-corrected chi connectivity index (χ0v) is 13.1. The molecule has 0 aromatic rings. The monoisotopic (exact) mass is 292 g/mol. The third-order valence-electron chi connectivity index (χ3n) is 4.37. The number of hydrogen-bond donors (Lipinski definition) is 2. The second-order valence-corrected chi connectivity index (χ2v) is 10.3. The van der Waals surface area contributed by atoms with E-state index in [0.29, 0.717) is 5.69 Å². The molecule has 2 aliphatic heterocycles. The lowest BCUT2D eigenvalue weighted by molar-refractivity contribution is 0.186. The molecule has 6 heteroatoms. The maximum Gasteiger partial charge on any atom is 0.279 e. The summed E-state index contributed by atoms with van der Waals surface area (Å²) in [6.45, 7) is 6.41. The number of hydrogen-bond acceptors (Lipinski definition) is 4. The zero-order chi connectivity index (χ0) is 14.9. The van der Waals surface area contributed by atoms with Gasteiger partial charge in [-0.05, 0) is 12.1 Å². The van der Waals surface area contributed by atoms with E-state index in [9.17, 15) is 15.1 Å². The largest absolute Gasteiger partial charge is 0.506 e. The molecule has 0 atom stereocenters. The fraction of sp³-hybridized carbons (Fsp3) is 0.429. The summed E-state index contributed by atoms with van der Waals surface area (Å²) >= 11 is 0. The number of fused-ring (bicyclic) bond motifs is 1. The normalized spacial score (nSPS) is 11.9. The van der Waals surface area contributed by atoms with Crippen molar-refractivity contribution in [3.8, 4) is 17.0 Å². The first-order valence-electron chi connectivity index (χ1n) is 6.93. The van der Waals surface area contributed by atoms with Crippen molar-refractivity contribution in [3.05, 3.63) is 28.7 Å². The first-order chi connectivity index (χ1) is 9.47. The summed E-state index contributed by atoms with van der Waals surface area (Å²) in [6.07, 6.45) is 1.18. The minimum atomic E-state index is -1.78. The first-order valence-corrected chi connectivity index (χ1v) is 9.55. The molecule has 0 radical (unpaired) electrons. The average Bonchev–Trinajstić information content (AvgIpc) is 2.43. The molecular formula is C14H20N2O3Si. The predicted octanol–water partition coefficient (Wildman–Crippen LogP) is 2.01. The Morgan fingerprint density at radius 1 is 1.20 bits per heavy atom. The van der Waals surface area contributed by atoms with Gasteiger partial charge in [-0.2, -0.15) is 4.73 Å². The maximum absolute atomic E-state index is 12.2. The Hall–Kier alpha value is -1.82. The number of rotatable bonds is 4. The maximum atomic E-state index is 12.2. The molecule has 2 rings (SSSR count). The van der Waals surface area contributed by atoms with Crippen molar-refractivity contribution in [2.75, 3.05) is 0 Å². The molecule has 5 nitrogen and oxygen atoms in total. The zero-order valence-electron chi connectivity index (χ0n) is 12.1. The summed E-state index contributed by atoms with van der Waals surface area (Å²) in [4.78, 5) is 16.4. The molecule has 0 unspecified atom stereocenters. The van der Waals surface area contributed by atoms with E-state index in [2.05, 4.69) is 25.8 Å². The number of nitrogens with zero attached hydrogens (tertiary/aromatic N) is 2. The smallest absolute Gasteiger partial charge is 0.279 e. The third kappa shape index (κ3) is 2.20. The van der Waals surface area contributed by atoms with Gasteiger partial charge in [0.2, 0.25) is 0 Å². The Balaban J connectivity index is 2.76. The van der Waals surface area contributed by atoms with Crippen LogP contribution >= 0.6 is 0 Å². The van der Waals surface area contributed by atoms with Crippen LogP contribution in [0.15, 0.2) is 23.1 Å². The molecule has 0 amide bonds. The standard InChI is InChI=1S/C14H20N2O3Si/c1-4-20(5-2,6-3)13-8-12-11(14(18)15-13)7-10(17)9-16(12)19/h7-9,17,19H,4-6H2,1-3H3. The van der Waals surface area contributed by atoms with Gasteiger partial charge in [0, 0.05) is 5.32 Å². The van der Waals surface area contributed by atoms with Gasteiger partial charge >= 0.3 is 0 Å². The molecule has 0 spiro atoms. The van der Waals surface area contributed by atoms with Gasteiger partial charge in [-0.15, -0.1) is 0 Å². The van der Waals surface area contributed by atoms with Crippen LogP contribution in [-0.4, -0.2) is 28.1 Å². The molecule has 2 N–H and O–H groups in total. The quantitative estimate of drug-likeness (QED) is 0.667. The van der Waals surface area contributed by atoms with Gasteiger partial charge in [0.05, 0.1) is 17.5 Å². The van der Waals surface area contributed by atoms with Crippen LogP contribution in [0.25, 0.3) is 11.3 Å². The van der Waals surface area contributed by atoms with E-state index in [-0.39, 0.29) is 16.9 Å². The molecule has 0 saturated heterocycles. The molecule has 0 aliphatic carbocycles. The average molecular weight is 292 g/mol. The number of aromatic nitrogens is 2. The highest BCUT2D eigenvalue weighted by Crippen LogP contribution is 2.24. The minimum Gasteiger partial charge on any atom is -0.506 e. The van der Waals surface area contributed by atoms with Crippen LogP contribution < -0.4 is 10.9 Å². The highest BCUT2D eigenvalue weighted by molar-refractivity contribution is 6.91. The summed E-state index contributed by atoms with van der Waals surface area (Å²) in [5.74, 6) is -0.156. The van der Waals surface area contributed by atoms with Crippen molar-refractivity contribution < 1.29 is 10.3 Å². The van der Waals surface area contributed by atoms with E-state index in [1.807, 2.05) is 0 Å². The van der Waals surface area contributed by atoms with Crippen molar-refractivity contribution in [1.29, 1.82) is 0 Å². The van der Waals surface area contributed by atoms with Gasteiger partial charge in [-0.1, -0.05) is 38.9 Å². The molecule has 0 fully saturated rings. The Bertz CT molecular complexity index is 641. The van der Waals surface area contributed by atoms with E-state index < -0.39 is 8.07 Å². The van der Waals surface area contributed by atoms with Crippen molar-refractivity contribution in [1.82, 2.24) is 9.71 Å². The second-order valence-electron chi connectivity index (χ2n) is 5.13. The summed E-state index contributed by atoms with van der Waals surface area (Å²) in [5.41, 5.74) is 0.260. The van der Waals surface area contributed by atoms with E-state index in [4.69, 9.17) is 0 Å². The first kappa shape index (κ1) is 14.6. The second kappa shape index (κ2) is 5.28. The van der Waals surface area contributed by atoms with E-state index in [1.54, 1.807) is 6.07 Å². The molecule has 20 heavy (non-hydrogen) atoms. The number of aromatic hydroxyl groups is 1. The van der Waals surface area contributed by atoms with Crippen molar-refractivity contribution in [2.45, 2.75) is 38.9 Å². The molecule has 108 valence electrons. The van der Waals surface area contributed by atoms with Crippen molar-refractivity contribution in [3.63, 3.8) is 0 Å². The molecule has 0 bridgehead atoms. The number of pyridine rings is 2. The van der Waals surface area contributed by atoms with Gasteiger partial charge in [0.1, 0.15) is 13.8 Å². The third-order valence-corrected chi connectivity index (χ3v) is 9.77. The summed E-state index contributed by atoms with van der Waals surface area (Å²) in [7, 11) is -1.78. The van der Waals surface area contributed by atoms with Crippen molar-refractivity contribution >= 4 is 13.4 Å². The van der Waals surface area contributed by atoms with E-state index in [1.165, 1.54) is 12.3 Å². The van der Waals surface area contributed by atoms with Crippen LogP contribution in [0.4, 0.5) is 0 Å². The van der Waals surface area contributed by atoms with Crippen LogP contribution in [0.2, 0.25) is 18.1 Å². The summed E-state index contributed by atoms with van der Waals surface area (Å²) in [5, 5.41) is 20.2. The highest BCUT2D eigenvalue weighted by Gasteiger charge is 2.32. The fourth-order valence-corrected chi connectivity index (χ4v) is 6.16. The van der Waals surface area contributed by atoms with Gasteiger partial charge in [0.25, 0.3) is 5.56 Å². The van der Waals surface area contributed by atoms with Crippen LogP contribution in [0, 0.1) is 0 Å².